The average Bonchev–Trinajstić information content (AvgIpc) is 2.43. The van der Waals surface area contributed by atoms with Gasteiger partial charge in [0.2, 0.25) is 0 Å². The van der Waals surface area contributed by atoms with Gasteiger partial charge in [-0.3, -0.25) is 0 Å². The highest BCUT2D eigenvalue weighted by molar-refractivity contribution is 4.67. The smallest absolute Gasteiger partial charge is 0.0556 e. The minimum absolute atomic E-state index is 0.266. The van der Waals surface area contributed by atoms with Gasteiger partial charge < -0.3 is 10.4 Å². The summed E-state index contributed by atoms with van der Waals surface area (Å²) < 4.78 is 0. The molecule has 0 saturated carbocycles. The predicted molar refractivity (Wildman–Crippen MR) is 85.6 cm³/mol. The number of nitrogens with one attached hydrogen (secondary N) is 1. The van der Waals surface area contributed by atoms with Gasteiger partial charge in [-0.1, -0.05) is 78.1 Å². The fraction of sp³-hybridized carbons (Fsp3) is 1.00. The van der Waals surface area contributed by atoms with Crippen molar-refractivity contribution in [2.45, 2.75) is 96.9 Å². The number of hydrogen-bond donors (Lipinski definition) is 2. The largest absolute Gasteiger partial charge is 0.395 e. The summed E-state index contributed by atoms with van der Waals surface area (Å²) in [6.07, 6.45) is 16.2. The summed E-state index contributed by atoms with van der Waals surface area (Å²) in [5, 5.41) is 12.4. The van der Waals surface area contributed by atoms with E-state index >= 15 is 0 Å². The van der Waals surface area contributed by atoms with Crippen molar-refractivity contribution < 1.29 is 5.11 Å². The third kappa shape index (κ3) is 14.1. The molecule has 0 aliphatic rings. The van der Waals surface area contributed by atoms with Crippen LogP contribution in [0.1, 0.15) is 90.9 Å². The van der Waals surface area contributed by atoms with Crippen LogP contribution >= 0.6 is 0 Å². The van der Waals surface area contributed by atoms with Gasteiger partial charge in [0.05, 0.1) is 6.61 Å². The van der Waals surface area contributed by atoms with Crippen LogP contribution in [0.3, 0.4) is 0 Å². The topological polar surface area (TPSA) is 32.3 Å². The lowest BCUT2D eigenvalue weighted by Crippen LogP contribution is -2.31. The first-order valence-corrected chi connectivity index (χ1v) is 8.69. The van der Waals surface area contributed by atoms with Gasteiger partial charge in [0, 0.05) is 12.6 Å². The van der Waals surface area contributed by atoms with Crippen molar-refractivity contribution in [3.05, 3.63) is 0 Å². The van der Waals surface area contributed by atoms with Gasteiger partial charge >= 0.3 is 0 Å². The molecule has 2 N–H and O–H groups in total. The average molecular weight is 271 g/mol. The predicted octanol–water partition coefficient (Wildman–Crippen LogP) is 4.66. The normalized spacial score (nSPS) is 11.4. The molecule has 0 aromatic rings. The molecule has 0 atom stereocenters. The van der Waals surface area contributed by atoms with E-state index in [0.29, 0.717) is 6.04 Å². The molecule has 116 valence electrons. The van der Waals surface area contributed by atoms with E-state index in [1.54, 1.807) is 0 Å². The Morgan fingerprint density at radius 2 is 1.21 bits per heavy atom. The molecule has 19 heavy (non-hydrogen) atoms. The molecule has 0 aromatic carbocycles. The maximum Gasteiger partial charge on any atom is 0.0556 e. The van der Waals surface area contributed by atoms with Crippen molar-refractivity contribution in [3.8, 4) is 0 Å². The Kier molecular flexibility index (Phi) is 15.9. The lowest BCUT2D eigenvalue weighted by atomic mass is 10.0. The van der Waals surface area contributed by atoms with Crippen LogP contribution in [0.4, 0.5) is 0 Å². The molecule has 0 aliphatic carbocycles. The van der Waals surface area contributed by atoms with E-state index < -0.39 is 0 Å². The van der Waals surface area contributed by atoms with Crippen molar-refractivity contribution >= 4 is 0 Å². The van der Waals surface area contributed by atoms with Gasteiger partial charge in [-0.2, -0.15) is 0 Å². The maximum absolute atomic E-state index is 8.94. The molecular weight excluding hydrogens is 234 g/mol. The molecule has 2 heteroatoms. The van der Waals surface area contributed by atoms with Gasteiger partial charge in [-0.05, 0) is 12.8 Å². The van der Waals surface area contributed by atoms with Crippen molar-refractivity contribution in [3.63, 3.8) is 0 Å². The van der Waals surface area contributed by atoms with Gasteiger partial charge in [0.15, 0.2) is 0 Å². The summed E-state index contributed by atoms with van der Waals surface area (Å²) in [6, 6.07) is 0.635. The van der Waals surface area contributed by atoms with Crippen LogP contribution in [0, 0.1) is 0 Å². The third-order valence-corrected chi connectivity index (χ3v) is 3.86. The first-order valence-electron chi connectivity index (χ1n) is 8.69. The summed E-state index contributed by atoms with van der Waals surface area (Å²) in [4.78, 5) is 0. The Bertz CT molecular complexity index is 147. The fourth-order valence-corrected chi connectivity index (χ4v) is 2.61. The minimum atomic E-state index is 0.266. The molecule has 2 nitrogen and oxygen atoms in total. The second kappa shape index (κ2) is 16.0. The Labute approximate surface area is 121 Å². The summed E-state index contributed by atoms with van der Waals surface area (Å²) in [6.45, 7) is 5.56. The summed E-state index contributed by atoms with van der Waals surface area (Å²) in [7, 11) is 0. The van der Waals surface area contributed by atoms with E-state index in [1.165, 1.54) is 77.0 Å². The van der Waals surface area contributed by atoms with Crippen LogP contribution in [0.25, 0.3) is 0 Å². The zero-order valence-corrected chi connectivity index (χ0v) is 13.4. The van der Waals surface area contributed by atoms with Crippen LogP contribution in [-0.4, -0.2) is 24.3 Å². The quantitative estimate of drug-likeness (QED) is 0.425. The molecule has 0 aliphatic heterocycles. The van der Waals surface area contributed by atoms with Gasteiger partial charge in [-0.15, -0.1) is 0 Å². The van der Waals surface area contributed by atoms with E-state index in [0.717, 1.165) is 6.54 Å². The van der Waals surface area contributed by atoms with Gasteiger partial charge in [0.25, 0.3) is 0 Å². The molecule has 0 heterocycles. The monoisotopic (exact) mass is 271 g/mol. The first kappa shape index (κ1) is 18.9. The van der Waals surface area contributed by atoms with Crippen molar-refractivity contribution in [2.24, 2.45) is 0 Å². The van der Waals surface area contributed by atoms with Crippen LogP contribution in [0.5, 0.6) is 0 Å². The summed E-state index contributed by atoms with van der Waals surface area (Å²) >= 11 is 0. The molecule has 0 rings (SSSR count). The second-order valence-electron chi connectivity index (χ2n) is 5.78. The Balaban J connectivity index is 3.57. The molecule has 0 fully saturated rings. The highest BCUT2D eigenvalue weighted by atomic mass is 16.3. The minimum Gasteiger partial charge on any atom is -0.395 e. The Morgan fingerprint density at radius 1 is 0.737 bits per heavy atom. The zero-order chi connectivity index (χ0) is 14.2. The molecule has 0 bridgehead atoms. The van der Waals surface area contributed by atoms with E-state index in [1.807, 2.05) is 0 Å². The number of aliphatic hydroxyl groups is 1. The second-order valence-corrected chi connectivity index (χ2v) is 5.78. The van der Waals surface area contributed by atoms with Crippen LogP contribution < -0.4 is 5.32 Å². The van der Waals surface area contributed by atoms with Crippen molar-refractivity contribution in [2.75, 3.05) is 13.2 Å². The van der Waals surface area contributed by atoms with E-state index in [4.69, 9.17) is 5.11 Å². The lowest BCUT2D eigenvalue weighted by molar-refractivity contribution is 0.277. The highest BCUT2D eigenvalue weighted by Crippen LogP contribution is 2.13. The number of unbranched alkanes of at least 4 members (excludes halogenated alkanes) is 8. The van der Waals surface area contributed by atoms with E-state index in [2.05, 4.69) is 19.2 Å². The van der Waals surface area contributed by atoms with E-state index in [-0.39, 0.29) is 6.61 Å². The Hall–Kier alpha value is -0.0800. The summed E-state index contributed by atoms with van der Waals surface area (Å²) in [5.74, 6) is 0. The molecule has 0 amide bonds. The SMILES string of the molecule is CCCCCCCC(CCCCCCC)NCCO. The maximum atomic E-state index is 8.94. The molecule has 0 aromatic heterocycles. The van der Waals surface area contributed by atoms with Crippen LogP contribution in [-0.2, 0) is 0 Å². The molecule has 0 spiro atoms. The fourth-order valence-electron chi connectivity index (χ4n) is 2.61. The Morgan fingerprint density at radius 3 is 1.63 bits per heavy atom. The highest BCUT2D eigenvalue weighted by Gasteiger charge is 2.07. The molecule has 0 unspecified atom stereocenters. The first-order chi connectivity index (χ1) is 9.35. The van der Waals surface area contributed by atoms with Crippen LogP contribution in [0.15, 0.2) is 0 Å². The number of aliphatic hydroxyl groups excluding tert-OH is 1. The number of rotatable bonds is 15. The summed E-state index contributed by atoms with van der Waals surface area (Å²) in [5.41, 5.74) is 0. The van der Waals surface area contributed by atoms with Gasteiger partial charge in [-0.25, -0.2) is 0 Å². The lowest BCUT2D eigenvalue weighted by Gasteiger charge is -2.18. The zero-order valence-electron chi connectivity index (χ0n) is 13.4. The van der Waals surface area contributed by atoms with Crippen molar-refractivity contribution in [1.82, 2.24) is 5.32 Å². The molecular formula is C17H37NO. The molecule has 0 radical (unpaired) electrons. The van der Waals surface area contributed by atoms with Crippen LogP contribution in [0.2, 0.25) is 0 Å². The number of hydrogen-bond acceptors (Lipinski definition) is 2. The standard InChI is InChI=1S/C17H37NO/c1-3-5-7-9-11-13-17(18-15-16-19)14-12-10-8-6-4-2/h17-19H,3-16H2,1-2H3. The molecule has 0 saturated heterocycles. The van der Waals surface area contributed by atoms with Gasteiger partial charge in [0.1, 0.15) is 0 Å². The van der Waals surface area contributed by atoms with Crippen molar-refractivity contribution in [1.29, 1.82) is 0 Å². The van der Waals surface area contributed by atoms with E-state index in [9.17, 15) is 0 Å². The third-order valence-electron chi connectivity index (χ3n) is 3.86.